The molecule has 0 saturated heterocycles. The van der Waals surface area contributed by atoms with Crippen molar-refractivity contribution in [2.75, 3.05) is 0 Å². The molecule has 0 saturated carbocycles. The number of ether oxygens (including phenoxy) is 2. The standard InChI is InChI=1S/C20H11ClF2O4/c21-15-10-9-12(26-19(24)13-5-1-3-7-16(13)22)11-18(15)27-20(25)14-6-2-4-8-17(14)23/h1-11H. The van der Waals surface area contributed by atoms with Crippen molar-refractivity contribution in [2.45, 2.75) is 0 Å². The van der Waals surface area contributed by atoms with Gasteiger partial charge in [-0.25, -0.2) is 18.4 Å². The third-order valence-corrected chi connectivity index (χ3v) is 3.82. The first-order chi connectivity index (χ1) is 13.0. The van der Waals surface area contributed by atoms with E-state index in [1.165, 1.54) is 54.6 Å². The second-order valence-corrected chi connectivity index (χ2v) is 5.74. The number of esters is 2. The SMILES string of the molecule is O=C(Oc1ccc(Cl)c(OC(=O)c2ccccc2F)c1)c1ccccc1F. The molecule has 0 unspecified atom stereocenters. The van der Waals surface area contributed by atoms with Crippen LogP contribution in [0.1, 0.15) is 20.7 Å². The summed E-state index contributed by atoms with van der Waals surface area (Å²) in [5.74, 6) is -3.54. The highest BCUT2D eigenvalue weighted by molar-refractivity contribution is 6.32. The van der Waals surface area contributed by atoms with Crippen LogP contribution in [0.4, 0.5) is 8.78 Å². The van der Waals surface area contributed by atoms with Crippen LogP contribution in [0.3, 0.4) is 0 Å². The Morgan fingerprint density at radius 3 is 1.81 bits per heavy atom. The average molecular weight is 389 g/mol. The van der Waals surface area contributed by atoms with Crippen molar-refractivity contribution in [1.29, 1.82) is 0 Å². The maximum absolute atomic E-state index is 13.7. The Balaban J connectivity index is 1.80. The van der Waals surface area contributed by atoms with Crippen LogP contribution in [0.25, 0.3) is 0 Å². The van der Waals surface area contributed by atoms with E-state index in [9.17, 15) is 18.4 Å². The van der Waals surface area contributed by atoms with Crippen molar-refractivity contribution in [1.82, 2.24) is 0 Å². The third kappa shape index (κ3) is 4.30. The number of hydrogen-bond acceptors (Lipinski definition) is 4. The van der Waals surface area contributed by atoms with E-state index in [2.05, 4.69) is 0 Å². The van der Waals surface area contributed by atoms with Crippen LogP contribution in [0, 0.1) is 11.6 Å². The zero-order valence-corrected chi connectivity index (χ0v) is 14.4. The lowest BCUT2D eigenvalue weighted by molar-refractivity contribution is 0.0728. The highest BCUT2D eigenvalue weighted by Crippen LogP contribution is 2.30. The van der Waals surface area contributed by atoms with E-state index < -0.39 is 23.6 Å². The van der Waals surface area contributed by atoms with Crippen molar-refractivity contribution in [2.24, 2.45) is 0 Å². The summed E-state index contributed by atoms with van der Waals surface area (Å²) in [6.45, 7) is 0. The van der Waals surface area contributed by atoms with Crippen LogP contribution in [-0.2, 0) is 0 Å². The molecule has 0 fully saturated rings. The van der Waals surface area contributed by atoms with E-state index in [4.69, 9.17) is 21.1 Å². The minimum Gasteiger partial charge on any atom is -0.423 e. The van der Waals surface area contributed by atoms with Crippen LogP contribution in [0.15, 0.2) is 66.7 Å². The Morgan fingerprint density at radius 2 is 1.26 bits per heavy atom. The summed E-state index contributed by atoms with van der Waals surface area (Å²) in [6.07, 6.45) is 0. The highest BCUT2D eigenvalue weighted by atomic mass is 35.5. The quantitative estimate of drug-likeness (QED) is 0.463. The number of carbonyl (C=O) groups is 2. The molecule has 0 radical (unpaired) electrons. The number of halogens is 3. The lowest BCUT2D eigenvalue weighted by Crippen LogP contribution is -2.12. The van der Waals surface area contributed by atoms with Gasteiger partial charge in [-0.2, -0.15) is 0 Å². The summed E-state index contributed by atoms with van der Waals surface area (Å²) in [4.78, 5) is 24.2. The number of rotatable bonds is 4. The predicted molar refractivity (Wildman–Crippen MR) is 94.2 cm³/mol. The van der Waals surface area contributed by atoms with E-state index in [0.29, 0.717) is 0 Å². The second kappa shape index (κ2) is 7.97. The molecule has 3 aromatic rings. The summed E-state index contributed by atoms with van der Waals surface area (Å²) in [6, 6.07) is 14.5. The Morgan fingerprint density at radius 1 is 0.741 bits per heavy atom. The van der Waals surface area contributed by atoms with Crippen molar-refractivity contribution < 1.29 is 27.8 Å². The maximum Gasteiger partial charge on any atom is 0.346 e. The van der Waals surface area contributed by atoms with Crippen molar-refractivity contribution in [3.05, 3.63) is 94.5 Å². The molecule has 3 aromatic carbocycles. The monoisotopic (exact) mass is 388 g/mol. The molecule has 136 valence electrons. The molecule has 0 N–H and O–H groups in total. The first-order valence-electron chi connectivity index (χ1n) is 7.68. The zero-order valence-electron chi connectivity index (χ0n) is 13.6. The molecule has 27 heavy (non-hydrogen) atoms. The summed E-state index contributed by atoms with van der Waals surface area (Å²) in [5, 5.41) is 0.0466. The third-order valence-electron chi connectivity index (χ3n) is 3.50. The van der Waals surface area contributed by atoms with Crippen LogP contribution in [0.5, 0.6) is 11.5 Å². The molecule has 4 nitrogen and oxygen atoms in total. The van der Waals surface area contributed by atoms with Gasteiger partial charge in [0, 0.05) is 6.07 Å². The Kier molecular flexibility index (Phi) is 5.47. The zero-order chi connectivity index (χ0) is 19.4. The van der Waals surface area contributed by atoms with E-state index in [1.807, 2.05) is 0 Å². The fourth-order valence-electron chi connectivity index (χ4n) is 2.20. The second-order valence-electron chi connectivity index (χ2n) is 5.33. The molecule has 0 spiro atoms. The fourth-order valence-corrected chi connectivity index (χ4v) is 2.35. The van der Waals surface area contributed by atoms with Gasteiger partial charge in [0.15, 0.2) is 5.75 Å². The minimum absolute atomic E-state index is 0.0241. The predicted octanol–water partition coefficient (Wildman–Crippen LogP) is 5.06. The van der Waals surface area contributed by atoms with Crippen molar-refractivity contribution >= 4 is 23.5 Å². The van der Waals surface area contributed by atoms with Gasteiger partial charge in [-0.15, -0.1) is 0 Å². The summed E-state index contributed by atoms with van der Waals surface area (Å²) in [5.41, 5.74) is -0.528. The smallest absolute Gasteiger partial charge is 0.346 e. The molecule has 0 aromatic heterocycles. The van der Waals surface area contributed by atoms with Gasteiger partial charge >= 0.3 is 11.9 Å². The van der Waals surface area contributed by atoms with Crippen LogP contribution in [-0.4, -0.2) is 11.9 Å². The average Bonchev–Trinajstić information content (AvgIpc) is 2.65. The fraction of sp³-hybridized carbons (Fsp3) is 0. The maximum atomic E-state index is 13.7. The Bertz CT molecular complexity index is 1020. The van der Waals surface area contributed by atoms with E-state index >= 15 is 0 Å². The molecule has 7 heteroatoms. The lowest BCUT2D eigenvalue weighted by atomic mass is 10.2. The molecule has 0 heterocycles. The van der Waals surface area contributed by atoms with Gasteiger partial charge in [0.25, 0.3) is 0 Å². The first kappa shape index (κ1) is 18.5. The van der Waals surface area contributed by atoms with Gasteiger partial charge in [0.05, 0.1) is 16.1 Å². The van der Waals surface area contributed by atoms with E-state index in [0.717, 1.165) is 12.1 Å². The lowest BCUT2D eigenvalue weighted by Gasteiger charge is -2.10. The van der Waals surface area contributed by atoms with E-state index in [1.54, 1.807) is 0 Å². The number of carbonyl (C=O) groups excluding carboxylic acids is 2. The normalized spacial score (nSPS) is 10.3. The molecular weight excluding hydrogens is 378 g/mol. The van der Waals surface area contributed by atoms with Gasteiger partial charge < -0.3 is 9.47 Å². The molecule has 0 amide bonds. The Labute approximate surface area is 157 Å². The molecule has 0 bridgehead atoms. The van der Waals surface area contributed by atoms with Gasteiger partial charge in [-0.05, 0) is 36.4 Å². The van der Waals surface area contributed by atoms with Gasteiger partial charge in [0.1, 0.15) is 17.4 Å². The van der Waals surface area contributed by atoms with Gasteiger partial charge in [-0.1, -0.05) is 35.9 Å². The number of benzene rings is 3. The molecule has 0 atom stereocenters. The van der Waals surface area contributed by atoms with Crippen LogP contribution < -0.4 is 9.47 Å². The summed E-state index contributed by atoms with van der Waals surface area (Å²) >= 11 is 5.97. The van der Waals surface area contributed by atoms with E-state index in [-0.39, 0.29) is 27.6 Å². The number of hydrogen-bond donors (Lipinski definition) is 0. The Hall–Kier alpha value is -3.25. The summed E-state index contributed by atoms with van der Waals surface area (Å²) < 4.78 is 37.5. The minimum atomic E-state index is -0.965. The molecular formula is C20H11ClF2O4. The molecule has 0 aliphatic rings. The van der Waals surface area contributed by atoms with Gasteiger partial charge in [-0.3, -0.25) is 0 Å². The van der Waals surface area contributed by atoms with Crippen LogP contribution >= 0.6 is 11.6 Å². The first-order valence-corrected chi connectivity index (χ1v) is 8.06. The molecule has 0 aliphatic carbocycles. The summed E-state index contributed by atoms with van der Waals surface area (Å²) in [7, 11) is 0. The molecule has 3 rings (SSSR count). The largest absolute Gasteiger partial charge is 0.423 e. The topological polar surface area (TPSA) is 52.6 Å². The van der Waals surface area contributed by atoms with Crippen molar-refractivity contribution in [3.8, 4) is 11.5 Å². The molecule has 0 aliphatic heterocycles. The van der Waals surface area contributed by atoms with Crippen LogP contribution in [0.2, 0.25) is 5.02 Å². The van der Waals surface area contributed by atoms with Gasteiger partial charge in [0.2, 0.25) is 0 Å². The highest BCUT2D eigenvalue weighted by Gasteiger charge is 2.18. The van der Waals surface area contributed by atoms with Crippen molar-refractivity contribution in [3.63, 3.8) is 0 Å².